The number of aryl methyl sites for hydroxylation is 2. The maximum absolute atomic E-state index is 13.1. The first-order chi connectivity index (χ1) is 13.3. The molecule has 0 radical (unpaired) electrons. The van der Waals surface area contributed by atoms with Crippen LogP contribution in [0.2, 0.25) is 0 Å². The van der Waals surface area contributed by atoms with Gasteiger partial charge >= 0.3 is 10.1 Å². The molecule has 142 valence electrons. The first-order valence-electron chi connectivity index (χ1n) is 8.50. The summed E-state index contributed by atoms with van der Waals surface area (Å²) in [6.45, 7) is 3.82. The lowest BCUT2D eigenvalue weighted by atomic mass is 10.1. The molecule has 4 rings (SSSR count). The van der Waals surface area contributed by atoms with Crippen molar-refractivity contribution >= 4 is 21.2 Å². The van der Waals surface area contributed by atoms with Crippen molar-refractivity contribution in [2.24, 2.45) is 0 Å². The Morgan fingerprint density at radius 2 is 1.61 bits per heavy atom. The Morgan fingerprint density at radius 3 is 2.36 bits per heavy atom. The molecule has 4 aromatic rings. The van der Waals surface area contributed by atoms with Gasteiger partial charge in [-0.3, -0.25) is 0 Å². The van der Waals surface area contributed by atoms with Crippen molar-refractivity contribution in [2.75, 3.05) is 0 Å². The van der Waals surface area contributed by atoms with Gasteiger partial charge in [-0.1, -0.05) is 17.7 Å². The minimum absolute atomic E-state index is 0.0817. The Kier molecular flexibility index (Phi) is 4.39. The molecule has 0 aliphatic heterocycles. The van der Waals surface area contributed by atoms with E-state index < -0.39 is 15.9 Å². The zero-order valence-electron chi connectivity index (χ0n) is 15.1. The molecule has 7 heteroatoms. The first kappa shape index (κ1) is 18.2. The van der Waals surface area contributed by atoms with Crippen LogP contribution >= 0.6 is 0 Å². The smallest absolute Gasteiger partial charge is 0.339 e. The number of rotatable bonds is 4. The van der Waals surface area contributed by atoms with Gasteiger partial charge in [0.1, 0.15) is 16.2 Å². The van der Waals surface area contributed by atoms with E-state index >= 15 is 0 Å². The van der Waals surface area contributed by atoms with Crippen LogP contribution < -0.4 is 4.18 Å². The molecular formula is C21H16FNO4S. The van der Waals surface area contributed by atoms with E-state index in [1.165, 1.54) is 0 Å². The summed E-state index contributed by atoms with van der Waals surface area (Å²) in [6, 6.07) is 15.1. The molecule has 0 bridgehead atoms. The third-order valence-electron chi connectivity index (χ3n) is 4.21. The maximum Gasteiger partial charge on any atom is 0.339 e. The highest BCUT2D eigenvalue weighted by molar-refractivity contribution is 7.87. The molecule has 0 unspecified atom stereocenters. The summed E-state index contributed by atoms with van der Waals surface area (Å²) < 4.78 is 49.5. The molecule has 0 N–H and O–H groups in total. The van der Waals surface area contributed by atoms with Gasteiger partial charge in [-0.2, -0.15) is 8.42 Å². The highest BCUT2D eigenvalue weighted by Crippen LogP contribution is 2.34. The number of hydrogen-bond donors (Lipinski definition) is 0. The quantitative estimate of drug-likeness (QED) is 0.452. The maximum atomic E-state index is 13.1. The van der Waals surface area contributed by atoms with Crippen LogP contribution in [0.5, 0.6) is 5.75 Å². The fraction of sp³-hybridized carbons (Fsp3) is 0.0952. The summed E-state index contributed by atoms with van der Waals surface area (Å²) >= 11 is 0. The van der Waals surface area contributed by atoms with Crippen molar-refractivity contribution < 1.29 is 21.4 Å². The zero-order valence-corrected chi connectivity index (χ0v) is 16.0. The molecule has 0 amide bonds. The fourth-order valence-electron chi connectivity index (χ4n) is 2.80. The highest BCUT2D eigenvalue weighted by atomic mass is 32.2. The molecule has 1 aromatic heterocycles. The highest BCUT2D eigenvalue weighted by Gasteiger charge is 2.21. The molecule has 3 aromatic carbocycles. The molecule has 0 spiro atoms. The SMILES string of the molecule is Cc1ccc(OS(=O)(=O)c2ccc(F)cc2)c(-c2nc3cc(C)ccc3o2)c1. The topological polar surface area (TPSA) is 69.4 Å². The fourth-order valence-corrected chi connectivity index (χ4v) is 3.75. The van der Waals surface area contributed by atoms with Crippen LogP contribution in [-0.2, 0) is 10.1 Å². The molecule has 0 saturated carbocycles. The zero-order chi connectivity index (χ0) is 19.9. The normalized spacial score (nSPS) is 11.7. The lowest BCUT2D eigenvalue weighted by Gasteiger charge is -2.10. The van der Waals surface area contributed by atoms with Crippen molar-refractivity contribution in [3.05, 3.63) is 77.6 Å². The van der Waals surface area contributed by atoms with Gasteiger partial charge < -0.3 is 8.60 Å². The summed E-state index contributed by atoms with van der Waals surface area (Å²) in [4.78, 5) is 4.32. The van der Waals surface area contributed by atoms with Gasteiger partial charge in [-0.25, -0.2) is 9.37 Å². The summed E-state index contributed by atoms with van der Waals surface area (Å²) in [7, 11) is -4.15. The molecule has 0 atom stereocenters. The lowest BCUT2D eigenvalue weighted by Crippen LogP contribution is -2.10. The Hall–Kier alpha value is -3.19. The summed E-state index contributed by atoms with van der Waals surface area (Å²) in [5.74, 6) is -0.191. The third-order valence-corrected chi connectivity index (χ3v) is 5.46. The predicted molar refractivity (Wildman–Crippen MR) is 103 cm³/mol. The largest absolute Gasteiger partial charge is 0.436 e. The van der Waals surface area contributed by atoms with Crippen molar-refractivity contribution in [1.29, 1.82) is 0 Å². The van der Waals surface area contributed by atoms with Crippen LogP contribution in [0.1, 0.15) is 11.1 Å². The minimum atomic E-state index is -4.15. The Labute approximate surface area is 161 Å². The van der Waals surface area contributed by atoms with E-state index in [2.05, 4.69) is 4.98 Å². The minimum Gasteiger partial charge on any atom is -0.436 e. The van der Waals surface area contributed by atoms with Gasteiger partial charge in [0.2, 0.25) is 5.89 Å². The van der Waals surface area contributed by atoms with E-state index in [4.69, 9.17) is 8.60 Å². The monoisotopic (exact) mass is 397 g/mol. The van der Waals surface area contributed by atoms with E-state index in [1.54, 1.807) is 18.2 Å². The summed E-state index contributed by atoms with van der Waals surface area (Å²) in [5.41, 5.74) is 3.60. The number of benzene rings is 3. The lowest BCUT2D eigenvalue weighted by molar-refractivity contribution is 0.485. The second kappa shape index (κ2) is 6.76. The number of nitrogens with zero attached hydrogens (tertiary/aromatic N) is 1. The van der Waals surface area contributed by atoms with Crippen molar-refractivity contribution in [3.63, 3.8) is 0 Å². The Bertz CT molecular complexity index is 1280. The van der Waals surface area contributed by atoms with E-state index in [-0.39, 0.29) is 16.5 Å². The van der Waals surface area contributed by atoms with Crippen LogP contribution in [-0.4, -0.2) is 13.4 Å². The second-order valence-electron chi connectivity index (χ2n) is 6.48. The second-order valence-corrected chi connectivity index (χ2v) is 8.03. The Morgan fingerprint density at radius 1 is 0.929 bits per heavy atom. The molecule has 0 fully saturated rings. The number of oxazole rings is 1. The number of fused-ring (bicyclic) bond motifs is 1. The van der Waals surface area contributed by atoms with Gasteiger partial charge in [0.25, 0.3) is 0 Å². The van der Waals surface area contributed by atoms with E-state index in [1.807, 2.05) is 32.0 Å². The van der Waals surface area contributed by atoms with Crippen LogP contribution in [0.3, 0.4) is 0 Å². The average Bonchev–Trinajstić information content (AvgIpc) is 3.06. The van der Waals surface area contributed by atoms with Crippen LogP contribution in [0.25, 0.3) is 22.6 Å². The van der Waals surface area contributed by atoms with E-state index in [9.17, 15) is 12.8 Å². The van der Waals surface area contributed by atoms with Crippen molar-refractivity contribution in [1.82, 2.24) is 4.98 Å². The van der Waals surface area contributed by atoms with E-state index in [0.717, 1.165) is 35.4 Å². The molecule has 0 aliphatic rings. The van der Waals surface area contributed by atoms with Gasteiger partial charge in [0, 0.05) is 0 Å². The standard InChI is InChI=1S/C21H16FNO4S/c1-13-3-9-19(27-28(24,25)16-7-5-15(22)6-8-16)17(11-13)21-23-18-12-14(2)4-10-20(18)26-21/h3-12H,1-2H3. The van der Waals surface area contributed by atoms with Gasteiger partial charge in [-0.05, 0) is 67.9 Å². The molecule has 1 heterocycles. The molecule has 0 aliphatic carbocycles. The summed E-state index contributed by atoms with van der Waals surface area (Å²) in [5, 5.41) is 0. The van der Waals surface area contributed by atoms with Gasteiger partial charge in [0.15, 0.2) is 11.3 Å². The van der Waals surface area contributed by atoms with Crippen LogP contribution in [0, 0.1) is 19.7 Å². The average molecular weight is 397 g/mol. The molecule has 5 nitrogen and oxygen atoms in total. The van der Waals surface area contributed by atoms with Crippen molar-refractivity contribution in [2.45, 2.75) is 18.7 Å². The number of aromatic nitrogens is 1. The molecular weight excluding hydrogens is 381 g/mol. The number of halogens is 1. The van der Waals surface area contributed by atoms with Gasteiger partial charge in [-0.15, -0.1) is 0 Å². The van der Waals surface area contributed by atoms with Crippen LogP contribution in [0.15, 0.2) is 70.0 Å². The van der Waals surface area contributed by atoms with E-state index in [0.29, 0.717) is 16.7 Å². The number of hydrogen-bond acceptors (Lipinski definition) is 5. The molecule has 28 heavy (non-hydrogen) atoms. The Balaban J connectivity index is 1.79. The predicted octanol–water partition coefficient (Wildman–Crippen LogP) is 5.02. The van der Waals surface area contributed by atoms with Gasteiger partial charge in [0.05, 0.1) is 5.56 Å². The van der Waals surface area contributed by atoms with Crippen LogP contribution in [0.4, 0.5) is 4.39 Å². The molecule has 0 saturated heterocycles. The third kappa shape index (κ3) is 3.48. The van der Waals surface area contributed by atoms with Crippen molar-refractivity contribution in [3.8, 4) is 17.2 Å². The summed E-state index contributed by atoms with van der Waals surface area (Å²) in [6.07, 6.45) is 0. The first-order valence-corrected chi connectivity index (χ1v) is 9.91.